The van der Waals surface area contributed by atoms with Crippen molar-refractivity contribution in [3.8, 4) is 0 Å². The third-order valence-electron chi connectivity index (χ3n) is 3.77. The molecule has 1 aromatic heterocycles. The number of para-hydroxylation sites is 1. The highest BCUT2D eigenvalue weighted by Crippen LogP contribution is 2.21. The van der Waals surface area contributed by atoms with E-state index in [1.807, 2.05) is 0 Å². The molecule has 130 valence electrons. The predicted molar refractivity (Wildman–Crippen MR) is 89.3 cm³/mol. The van der Waals surface area contributed by atoms with Crippen LogP contribution in [-0.4, -0.2) is 30.4 Å². The fourth-order valence-electron chi connectivity index (χ4n) is 2.27. The van der Waals surface area contributed by atoms with Crippen molar-refractivity contribution in [1.29, 1.82) is 0 Å². The maximum Gasteiger partial charge on any atom is 0.342 e. The molecule has 2 amide bonds. The number of ether oxygens (including phenoxy) is 1. The van der Waals surface area contributed by atoms with E-state index in [1.54, 1.807) is 31.2 Å². The van der Waals surface area contributed by atoms with Gasteiger partial charge in [0.1, 0.15) is 11.3 Å². The van der Waals surface area contributed by atoms with Gasteiger partial charge in [-0.2, -0.15) is 0 Å². The molecule has 1 saturated carbocycles. The van der Waals surface area contributed by atoms with E-state index >= 15 is 0 Å². The van der Waals surface area contributed by atoms with Gasteiger partial charge in [-0.25, -0.2) is 4.79 Å². The highest BCUT2D eigenvalue weighted by molar-refractivity contribution is 6.04. The number of esters is 1. The van der Waals surface area contributed by atoms with Crippen molar-refractivity contribution in [2.45, 2.75) is 25.8 Å². The molecule has 3 rings (SSSR count). The Bertz CT molecular complexity index is 807. The highest BCUT2D eigenvalue weighted by Gasteiger charge is 2.25. The van der Waals surface area contributed by atoms with Crippen LogP contribution in [0.3, 0.4) is 0 Å². The van der Waals surface area contributed by atoms with E-state index in [1.165, 1.54) is 12.3 Å². The minimum Gasteiger partial charge on any atom is -0.469 e. The predicted octanol–water partition coefficient (Wildman–Crippen LogP) is 2.28. The third-order valence-corrected chi connectivity index (χ3v) is 3.77. The first-order valence-corrected chi connectivity index (χ1v) is 7.95. The lowest BCUT2D eigenvalue weighted by molar-refractivity contribution is -0.119. The van der Waals surface area contributed by atoms with E-state index in [0.29, 0.717) is 17.0 Å². The van der Waals surface area contributed by atoms with Crippen LogP contribution in [0.25, 0.3) is 0 Å². The summed E-state index contributed by atoms with van der Waals surface area (Å²) < 4.78 is 9.99. The minimum atomic E-state index is -0.638. The van der Waals surface area contributed by atoms with Gasteiger partial charge in [0.15, 0.2) is 6.61 Å². The van der Waals surface area contributed by atoms with Gasteiger partial charge in [-0.05, 0) is 38.0 Å². The molecule has 2 aromatic rings. The summed E-state index contributed by atoms with van der Waals surface area (Å²) in [6.45, 7) is 1.17. The second kappa shape index (κ2) is 7.21. The van der Waals surface area contributed by atoms with Crippen LogP contribution in [0.5, 0.6) is 0 Å². The summed E-state index contributed by atoms with van der Waals surface area (Å²) in [5, 5.41) is 5.47. The van der Waals surface area contributed by atoms with E-state index < -0.39 is 18.5 Å². The molecule has 1 aromatic carbocycles. The number of carbonyl (C=O) groups is 3. The van der Waals surface area contributed by atoms with E-state index in [-0.39, 0.29) is 17.5 Å². The second-order valence-electron chi connectivity index (χ2n) is 5.81. The molecule has 0 aliphatic heterocycles. The fourth-order valence-corrected chi connectivity index (χ4v) is 2.27. The highest BCUT2D eigenvalue weighted by atomic mass is 16.5. The number of anilines is 1. The van der Waals surface area contributed by atoms with Crippen LogP contribution in [0, 0.1) is 6.92 Å². The third kappa shape index (κ3) is 4.26. The molecule has 25 heavy (non-hydrogen) atoms. The Kier molecular flexibility index (Phi) is 4.83. The van der Waals surface area contributed by atoms with Crippen molar-refractivity contribution in [3.05, 3.63) is 53.5 Å². The summed E-state index contributed by atoms with van der Waals surface area (Å²) in [5.41, 5.74) is 1.03. The molecule has 0 saturated heterocycles. The van der Waals surface area contributed by atoms with Crippen molar-refractivity contribution < 1.29 is 23.5 Å². The normalized spacial score (nSPS) is 13.2. The molecule has 7 heteroatoms. The van der Waals surface area contributed by atoms with Crippen LogP contribution in [0.1, 0.15) is 39.3 Å². The molecule has 0 atom stereocenters. The lowest BCUT2D eigenvalue weighted by atomic mass is 10.1. The molecular formula is C18H18N2O5. The Hall–Kier alpha value is -3.09. The first kappa shape index (κ1) is 16.8. The van der Waals surface area contributed by atoms with Crippen LogP contribution >= 0.6 is 0 Å². The smallest absolute Gasteiger partial charge is 0.342 e. The number of amides is 2. The molecule has 0 bridgehead atoms. The van der Waals surface area contributed by atoms with Crippen molar-refractivity contribution in [3.63, 3.8) is 0 Å². The number of hydrogen-bond acceptors (Lipinski definition) is 5. The molecule has 1 heterocycles. The van der Waals surface area contributed by atoms with Gasteiger partial charge in [-0.1, -0.05) is 12.1 Å². The molecule has 1 aliphatic carbocycles. The lowest BCUT2D eigenvalue weighted by Gasteiger charge is -2.11. The molecule has 1 fully saturated rings. The number of benzene rings is 1. The molecule has 7 nitrogen and oxygen atoms in total. The number of rotatable bonds is 6. The number of furan rings is 1. The monoisotopic (exact) mass is 342 g/mol. The van der Waals surface area contributed by atoms with Gasteiger partial charge in [0.2, 0.25) is 0 Å². The average Bonchev–Trinajstić information content (AvgIpc) is 3.30. The maximum atomic E-state index is 12.2. The zero-order valence-electron chi connectivity index (χ0n) is 13.7. The molecule has 0 spiro atoms. The molecular weight excluding hydrogens is 324 g/mol. The maximum absolute atomic E-state index is 12.2. The number of carbonyl (C=O) groups excluding carboxylic acids is 3. The van der Waals surface area contributed by atoms with E-state index in [9.17, 15) is 14.4 Å². The summed E-state index contributed by atoms with van der Waals surface area (Å²) in [5.74, 6) is -0.973. The number of aryl methyl sites for hydroxylation is 1. The van der Waals surface area contributed by atoms with Crippen molar-refractivity contribution in [2.75, 3.05) is 11.9 Å². The largest absolute Gasteiger partial charge is 0.469 e. The van der Waals surface area contributed by atoms with Crippen molar-refractivity contribution in [1.82, 2.24) is 5.32 Å². The fraction of sp³-hybridized carbons (Fsp3) is 0.278. The Balaban J connectivity index is 1.58. The Labute approximate surface area is 144 Å². The SMILES string of the molecule is Cc1occc1C(=O)OCC(=O)Nc1ccccc1C(=O)NC1CC1. The molecule has 1 aliphatic rings. The van der Waals surface area contributed by atoms with Gasteiger partial charge < -0.3 is 19.8 Å². The van der Waals surface area contributed by atoms with Gasteiger partial charge in [-0.3, -0.25) is 9.59 Å². The van der Waals surface area contributed by atoms with Gasteiger partial charge >= 0.3 is 5.97 Å². The Morgan fingerprint density at radius 2 is 1.92 bits per heavy atom. The van der Waals surface area contributed by atoms with Crippen molar-refractivity contribution >= 4 is 23.5 Å². The second-order valence-corrected chi connectivity index (χ2v) is 5.81. The standard InChI is InChI=1S/C18H18N2O5/c1-11-13(8-9-24-11)18(23)25-10-16(21)20-15-5-3-2-4-14(15)17(22)19-12-6-7-12/h2-5,8-9,12H,6-7,10H2,1H3,(H,19,22)(H,20,21). The Morgan fingerprint density at radius 1 is 1.16 bits per heavy atom. The van der Waals surface area contributed by atoms with E-state index in [4.69, 9.17) is 9.15 Å². The molecule has 0 radical (unpaired) electrons. The van der Waals surface area contributed by atoms with E-state index in [2.05, 4.69) is 10.6 Å². The molecule has 0 unspecified atom stereocenters. The quantitative estimate of drug-likeness (QED) is 0.785. The summed E-state index contributed by atoms with van der Waals surface area (Å²) >= 11 is 0. The van der Waals surface area contributed by atoms with Gasteiger partial charge in [-0.15, -0.1) is 0 Å². The number of nitrogens with one attached hydrogen (secondary N) is 2. The number of hydrogen-bond donors (Lipinski definition) is 2. The Morgan fingerprint density at radius 3 is 2.60 bits per heavy atom. The van der Waals surface area contributed by atoms with Crippen LogP contribution < -0.4 is 10.6 Å². The zero-order chi connectivity index (χ0) is 17.8. The summed E-state index contributed by atoms with van der Waals surface area (Å²) in [6, 6.07) is 8.39. The van der Waals surface area contributed by atoms with E-state index in [0.717, 1.165) is 12.8 Å². The first-order valence-electron chi connectivity index (χ1n) is 7.95. The average molecular weight is 342 g/mol. The summed E-state index contributed by atoms with van der Waals surface area (Å²) in [4.78, 5) is 36.1. The van der Waals surface area contributed by atoms with Gasteiger partial charge in [0, 0.05) is 6.04 Å². The van der Waals surface area contributed by atoms with Crippen LogP contribution in [0.4, 0.5) is 5.69 Å². The van der Waals surface area contributed by atoms with Crippen molar-refractivity contribution in [2.24, 2.45) is 0 Å². The first-order chi connectivity index (χ1) is 12.0. The summed E-state index contributed by atoms with van der Waals surface area (Å²) in [6.07, 6.45) is 3.33. The van der Waals surface area contributed by atoms with Gasteiger partial charge in [0.25, 0.3) is 11.8 Å². The zero-order valence-corrected chi connectivity index (χ0v) is 13.7. The van der Waals surface area contributed by atoms with Crippen LogP contribution in [0.2, 0.25) is 0 Å². The van der Waals surface area contributed by atoms with Crippen LogP contribution in [0.15, 0.2) is 41.0 Å². The minimum absolute atomic E-state index is 0.218. The summed E-state index contributed by atoms with van der Waals surface area (Å²) in [7, 11) is 0. The topological polar surface area (TPSA) is 97.6 Å². The van der Waals surface area contributed by atoms with Gasteiger partial charge in [0.05, 0.1) is 17.5 Å². The van der Waals surface area contributed by atoms with Crippen LogP contribution in [-0.2, 0) is 9.53 Å². The lowest BCUT2D eigenvalue weighted by Crippen LogP contribution is -2.28. The molecule has 2 N–H and O–H groups in total.